The van der Waals surface area contributed by atoms with Crippen LogP contribution < -0.4 is 10.2 Å². The lowest BCUT2D eigenvalue weighted by molar-refractivity contribution is -0.118. The molecule has 1 N–H and O–H groups in total. The Morgan fingerprint density at radius 3 is 2.39 bits per heavy atom. The molecule has 0 bridgehead atoms. The van der Waals surface area contributed by atoms with Crippen molar-refractivity contribution in [3.63, 3.8) is 0 Å². The van der Waals surface area contributed by atoms with Gasteiger partial charge in [0.1, 0.15) is 0 Å². The first kappa shape index (κ1) is 23.4. The molecule has 2 aromatic rings. The predicted octanol–water partition coefficient (Wildman–Crippen LogP) is 4.05. The highest BCUT2D eigenvalue weighted by Gasteiger charge is 2.27. The van der Waals surface area contributed by atoms with E-state index in [2.05, 4.69) is 19.2 Å². The second kappa shape index (κ2) is 9.65. The first-order chi connectivity index (χ1) is 15.8. The molecule has 8 heteroatoms. The van der Waals surface area contributed by atoms with Crippen molar-refractivity contribution in [2.45, 2.75) is 50.8 Å². The summed E-state index contributed by atoms with van der Waals surface area (Å²) in [5, 5.41) is 2.90. The number of nitrogens with zero attached hydrogens (tertiary/aromatic N) is 2. The molecule has 0 spiro atoms. The molecule has 2 aliphatic rings. The van der Waals surface area contributed by atoms with Crippen LogP contribution in [0.1, 0.15) is 55.5 Å². The van der Waals surface area contributed by atoms with E-state index in [1.54, 1.807) is 12.1 Å². The number of carbonyl (C=O) groups is 2. The Balaban J connectivity index is 1.46. The van der Waals surface area contributed by atoms with E-state index in [1.165, 1.54) is 16.4 Å². The van der Waals surface area contributed by atoms with Crippen molar-refractivity contribution < 1.29 is 18.0 Å². The normalized spacial score (nSPS) is 16.8. The zero-order valence-corrected chi connectivity index (χ0v) is 20.0. The number of anilines is 2. The lowest BCUT2D eigenvalue weighted by Gasteiger charge is -2.30. The molecule has 1 fully saturated rings. The Morgan fingerprint density at radius 1 is 1.03 bits per heavy atom. The van der Waals surface area contributed by atoms with Gasteiger partial charge < -0.3 is 10.2 Å². The van der Waals surface area contributed by atoms with E-state index in [4.69, 9.17) is 0 Å². The molecule has 2 heterocycles. The van der Waals surface area contributed by atoms with Gasteiger partial charge in [-0.3, -0.25) is 9.59 Å². The van der Waals surface area contributed by atoms with Crippen LogP contribution in [-0.4, -0.2) is 44.2 Å². The minimum Gasteiger partial charge on any atom is -0.322 e. The van der Waals surface area contributed by atoms with E-state index in [1.807, 2.05) is 23.1 Å². The quantitative estimate of drug-likeness (QED) is 0.663. The Morgan fingerprint density at radius 2 is 1.73 bits per heavy atom. The molecule has 0 aliphatic carbocycles. The average Bonchev–Trinajstić information content (AvgIpc) is 3.34. The van der Waals surface area contributed by atoms with E-state index < -0.39 is 10.0 Å². The highest BCUT2D eigenvalue weighted by atomic mass is 32.2. The number of rotatable bonds is 7. The Labute approximate surface area is 195 Å². The summed E-state index contributed by atoms with van der Waals surface area (Å²) in [7, 11) is -3.50. The minimum atomic E-state index is -3.50. The molecule has 0 atom stereocenters. The van der Waals surface area contributed by atoms with Gasteiger partial charge in [0.2, 0.25) is 15.9 Å². The van der Waals surface area contributed by atoms with Crippen molar-refractivity contribution in [2.24, 2.45) is 5.92 Å². The number of sulfonamides is 1. The van der Waals surface area contributed by atoms with Gasteiger partial charge in [0.25, 0.3) is 5.91 Å². The molecule has 33 heavy (non-hydrogen) atoms. The summed E-state index contributed by atoms with van der Waals surface area (Å²) < 4.78 is 26.8. The van der Waals surface area contributed by atoms with Crippen molar-refractivity contribution in [3.8, 4) is 0 Å². The van der Waals surface area contributed by atoms with Crippen molar-refractivity contribution in [1.82, 2.24) is 4.31 Å². The van der Waals surface area contributed by atoms with Crippen LogP contribution in [0.2, 0.25) is 0 Å². The van der Waals surface area contributed by atoms with Crippen LogP contribution >= 0.6 is 0 Å². The fraction of sp³-hybridized carbons (Fsp3) is 0.440. The summed E-state index contributed by atoms with van der Waals surface area (Å²) >= 11 is 0. The van der Waals surface area contributed by atoms with Crippen LogP contribution in [0.15, 0.2) is 47.4 Å². The fourth-order valence-corrected chi connectivity index (χ4v) is 5.85. The summed E-state index contributed by atoms with van der Waals surface area (Å²) in [4.78, 5) is 27.2. The standard InChI is InChI=1S/C25H31N3O4S/c1-18(2)13-16-28-23-11-8-21(17-20(23)7-12-24(28)29)26-25(30)19-5-9-22(10-6-19)33(31,32)27-14-3-4-15-27/h5-6,8-11,17-18H,3-4,7,12-16H2,1-2H3,(H,26,30). The maximum atomic E-state index is 12.8. The summed E-state index contributed by atoms with van der Waals surface area (Å²) in [6.45, 7) is 6.07. The van der Waals surface area contributed by atoms with Gasteiger partial charge in [-0.25, -0.2) is 8.42 Å². The third-order valence-electron chi connectivity index (χ3n) is 6.29. The van der Waals surface area contributed by atoms with E-state index in [9.17, 15) is 18.0 Å². The Hall–Kier alpha value is -2.71. The topological polar surface area (TPSA) is 86.8 Å². The Kier molecular flexibility index (Phi) is 6.86. The summed E-state index contributed by atoms with van der Waals surface area (Å²) in [5.74, 6) is 0.353. The highest BCUT2D eigenvalue weighted by Crippen LogP contribution is 2.31. The van der Waals surface area contributed by atoms with Crippen LogP contribution in [0.3, 0.4) is 0 Å². The largest absolute Gasteiger partial charge is 0.322 e. The van der Waals surface area contributed by atoms with E-state index in [0.717, 1.165) is 30.5 Å². The zero-order chi connectivity index (χ0) is 23.6. The first-order valence-corrected chi connectivity index (χ1v) is 13.0. The molecule has 7 nitrogen and oxygen atoms in total. The number of amides is 2. The van der Waals surface area contributed by atoms with Crippen LogP contribution in [0.4, 0.5) is 11.4 Å². The Bertz CT molecular complexity index is 1140. The molecule has 0 radical (unpaired) electrons. The number of aryl methyl sites for hydroxylation is 1. The number of benzene rings is 2. The molecule has 2 aromatic carbocycles. The third-order valence-corrected chi connectivity index (χ3v) is 8.20. The molecular formula is C25H31N3O4S. The smallest absolute Gasteiger partial charge is 0.255 e. The fourth-order valence-electron chi connectivity index (χ4n) is 4.33. The third kappa shape index (κ3) is 5.12. The molecule has 0 unspecified atom stereocenters. The molecule has 0 aromatic heterocycles. The summed E-state index contributed by atoms with van der Waals surface area (Å²) in [6.07, 6.45) is 3.82. The molecule has 2 amide bonds. The molecule has 176 valence electrons. The lowest BCUT2D eigenvalue weighted by Crippen LogP contribution is -2.36. The van der Waals surface area contributed by atoms with Crippen LogP contribution in [-0.2, 0) is 21.2 Å². The van der Waals surface area contributed by atoms with Gasteiger partial charge in [0.05, 0.1) is 4.90 Å². The molecule has 4 rings (SSSR count). The number of hydrogen-bond acceptors (Lipinski definition) is 4. The van der Waals surface area contributed by atoms with Crippen molar-refractivity contribution in [1.29, 1.82) is 0 Å². The van der Waals surface area contributed by atoms with Gasteiger partial charge in [-0.05, 0) is 79.6 Å². The second-order valence-corrected chi connectivity index (χ2v) is 11.1. The monoisotopic (exact) mass is 469 g/mol. The maximum absolute atomic E-state index is 12.8. The van der Waals surface area contributed by atoms with Crippen LogP contribution in [0, 0.1) is 5.92 Å². The van der Waals surface area contributed by atoms with Gasteiger partial charge in [0, 0.05) is 43.0 Å². The predicted molar refractivity (Wildman–Crippen MR) is 129 cm³/mol. The van der Waals surface area contributed by atoms with Gasteiger partial charge in [-0.2, -0.15) is 4.31 Å². The number of carbonyl (C=O) groups excluding carboxylic acids is 2. The van der Waals surface area contributed by atoms with E-state index in [0.29, 0.717) is 49.6 Å². The van der Waals surface area contributed by atoms with Gasteiger partial charge in [0.15, 0.2) is 0 Å². The number of nitrogens with one attached hydrogen (secondary N) is 1. The molecule has 0 saturated carbocycles. The zero-order valence-electron chi connectivity index (χ0n) is 19.2. The van der Waals surface area contributed by atoms with E-state index in [-0.39, 0.29) is 16.7 Å². The lowest BCUT2D eigenvalue weighted by atomic mass is 9.99. The van der Waals surface area contributed by atoms with Crippen molar-refractivity contribution in [2.75, 3.05) is 29.9 Å². The number of hydrogen-bond donors (Lipinski definition) is 1. The maximum Gasteiger partial charge on any atom is 0.255 e. The van der Waals surface area contributed by atoms with Crippen LogP contribution in [0.5, 0.6) is 0 Å². The SMILES string of the molecule is CC(C)CCN1C(=O)CCc2cc(NC(=O)c3ccc(S(=O)(=O)N4CCCC4)cc3)ccc21. The average molecular weight is 470 g/mol. The second-order valence-electron chi connectivity index (χ2n) is 9.16. The van der Waals surface area contributed by atoms with E-state index >= 15 is 0 Å². The van der Waals surface area contributed by atoms with Crippen molar-refractivity contribution in [3.05, 3.63) is 53.6 Å². The number of fused-ring (bicyclic) bond motifs is 1. The molecule has 2 aliphatic heterocycles. The minimum absolute atomic E-state index is 0.143. The van der Waals surface area contributed by atoms with Crippen molar-refractivity contribution >= 4 is 33.2 Å². The van der Waals surface area contributed by atoms with Crippen LogP contribution in [0.25, 0.3) is 0 Å². The molecular weight excluding hydrogens is 438 g/mol. The first-order valence-electron chi connectivity index (χ1n) is 11.6. The molecule has 1 saturated heterocycles. The summed E-state index contributed by atoms with van der Waals surface area (Å²) in [5.41, 5.74) is 3.01. The highest BCUT2D eigenvalue weighted by molar-refractivity contribution is 7.89. The summed E-state index contributed by atoms with van der Waals surface area (Å²) in [6, 6.07) is 11.7. The van der Waals surface area contributed by atoms with Gasteiger partial charge >= 0.3 is 0 Å². The van der Waals surface area contributed by atoms with Gasteiger partial charge in [-0.1, -0.05) is 13.8 Å². The van der Waals surface area contributed by atoms with Gasteiger partial charge in [-0.15, -0.1) is 0 Å².